The van der Waals surface area contributed by atoms with Crippen LogP contribution in [0.15, 0.2) is 59.6 Å². The number of aryl methyl sites for hydroxylation is 1. The molecule has 0 unspecified atom stereocenters. The number of hydrogen-bond donors (Lipinski definition) is 1. The van der Waals surface area contributed by atoms with Crippen molar-refractivity contribution in [3.05, 3.63) is 71.3 Å². The minimum atomic E-state index is 0.238. The number of benzene rings is 2. The van der Waals surface area contributed by atoms with Crippen LogP contribution < -0.4 is 0 Å². The number of hydrogen-bond acceptors (Lipinski definition) is 3. The Balaban J connectivity index is 2.02. The van der Waals surface area contributed by atoms with Gasteiger partial charge in [0.15, 0.2) is 0 Å². The van der Waals surface area contributed by atoms with Crippen molar-refractivity contribution in [3.8, 4) is 18.1 Å². The molecule has 0 aromatic heterocycles. The number of phenols is 1. The summed E-state index contributed by atoms with van der Waals surface area (Å²) in [6, 6.07) is 15.5. The van der Waals surface area contributed by atoms with Gasteiger partial charge in [-0.25, -0.2) is 0 Å². The maximum Gasteiger partial charge on any atom is 0.116 e. The highest BCUT2D eigenvalue weighted by Gasteiger charge is 2.17. The predicted octanol–water partition coefficient (Wildman–Crippen LogP) is 3.44. The molecule has 3 heteroatoms. The number of terminal acetylenes is 1. The van der Waals surface area contributed by atoms with Crippen molar-refractivity contribution in [2.45, 2.75) is 6.92 Å². The average Bonchev–Trinajstić information content (AvgIpc) is 2.56. The quantitative estimate of drug-likeness (QED) is 0.882. The summed E-state index contributed by atoms with van der Waals surface area (Å²) in [4.78, 5) is 6.66. The van der Waals surface area contributed by atoms with Gasteiger partial charge in [-0.05, 0) is 30.7 Å². The van der Waals surface area contributed by atoms with Crippen molar-refractivity contribution in [3.63, 3.8) is 0 Å². The van der Waals surface area contributed by atoms with Crippen molar-refractivity contribution >= 4 is 11.4 Å². The number of allylic oxidation sites excluding steroid dienone is 1. The monoisotopic (exact) mass is 302 g/mol. The molecular weight excluding hydrogens is 284 g/mol. The van der Waals surface area contributed by atoms with Crippen molar-refractivity contribution in [2.24, 2.45) is 4.99 Å². The van der Waals surface area contributed by atoms with Crippen molar-refractivity contribution < 1.29 is 5.11 Å². The Morgan fingerprint density at radius 2 is 1.96 bits per heavy atom. The van der Waals surface area contributed by atoms with E-state index in [4.69, 9.17) is 6.42 Å². The molecule has 0 fully saturated rings. The Morgan fingerprint density at radius 3 is 2.65 bits per heavy atom. The summed E-state index contributed by atoms with van der Waals surface area (Å²) in [5.74, 6) is 2.93. The van der Waals surface area contributed by atoms with Crippen LogP contribution in [-0.2, 0) is 0 Å². The molecular formula is C20H18N2O. The third kappa shape index (κ3) is 3.27. The first-order valence-electron chi connectivity index (χ1n) is 7.48. The van der Waals surface area contributed by atoms with E-state index in [0.717, 1.165) is 22.5 Å². The van der Waals surface area contributed by atoms with Gasteiger partial charge in [-0.1, -0.05) is 47.9 Å². The average molecular weight is 302 g/mol. The minimum absolute atomic E-state index is 0.238. The molecule has 0 aliphatic carbocycles. The Labute approximate surface area is 136 Å². The molecule has 2 aromatic carbocycles. The lowest BCUT2D eigenvalue weighted by atomic mass is 10.0. The molecule has 1 heterocycles. The van der Waals surface area contributed by atoms with E-state index in [-0.39, 0.29) is 5.75 Å². The molecule has 1 aliphatic heterocycles. The van der Waals surface area contributed by atoms with Gasteiger partial charge in [-0.15, -0.1) is 6.42 Å². The van der Waals surface area contributed by atoms with Crippen LogP contribution in [0.3, 0.4) is 0 Å². The highest BCUT2D eigenvalue weighted by Crippen LogP contribution is 2.25. The molecule has 3 rings (SSSR count). The standard InChI is InChI=1S/C20H18N2O/c1-3-11-22-14-21-19(17-5-4-6-18(23)12-17)13-20(22)16-9-7-15(2)8-10-16/h1,4-10,12-13,23H,11,14H2,2H3. The van der Waals surface area contributed by atoms with Gasteiger partial charge >= 0.3 is 0 Å². The summed E-state index contributed by atoms with van der Waals surface area (Å²) in [5, 5.41) is 9.68. The van der Waals surface area contributed by atoms with E-state index in [1.54, 1.807) is 12.1 Å². The summed E-state index contributed by atoms with van der Waals surface area (Å²) in [6.07, 6.45) is 7.52. The number of aliphatic imine (C=N–C) groups is 1. The molecule has 2 aromatic rings. The zero-order chi connectivity index (χ0) is 16.2. The smallest absolute Gasteiger partial charge is 0.116 e. The van der Waals surface area contributed by atoms with E-state index in [9.17, 15) is 5.11 Å². The maximum atomic E-state index is 9.68. The fraction of sp³-hybridized carbons (Fsp3) is 0.150. The van der Waals surface area contributed by atoms with Gasteiger partial charge in [0.2, 0.25) is 0 Å². The van der Waals surface area contributed by atoms with Crippen LogP contribution in [0.1, 0.15) is 16.7 Å². The maximum absolute atomic E-state index is 9.68. The van der Waals surface area contributed by atoms with E-state index in [1.165, 1.54) is 5.56 Å². The zero-order valence-corrected chi connectivity index (χ0v) is 13.0. The van der Waals surface area contributed by atoms with Gasteiger partial charge in [-0.3, -0.25) is 4.99 Å². The fourth-order valence-electron chi connectivity index (χ4n) is 2.58. The molecule has 3 nitrogen and oxygen atoms in total. The molecule has 0 spiro atoms. The normalized spacial score (nSPS) is 14.0. The Bertz CT molecular complexity index is 810. The van der Waals surface area contributed by atoms with Crippen LogP contribution in [0.4, 0.5) is 0 Å². The molecule has 0 bridgehead atoms. The van der Waals surface area contributed by atoms with Crippen molar-refractivity contribution in [1.82, 2.24) is 4.90 Å². The highest BCUT2D eigenvalue weighted by atomic mass is 16.3. The number of aromatic hydroxyl groups is 1. The lowest BCUT2D eigenvalue weighted by Crippen LogP contribution is -2.27. The summed E-state index contributed by atoms with van der Waals surface area (Å²) in [6.45, 7) is 3.09. The number of phenolic OH excluding ortho intramolecular Hbond substituents is 1. The Morgan fingerprint density at radius 1 is 1.17 bits per heavy atom. The van der Waals surface area contributed by atoms with E-state index < -0.39 is 0 Å². The van der Waals surface area contributed by atoms with Gasteiger partial charge in [0.25, 0.3) is 0 Å². The van der Waals surface area contributed by atoms with Gasteiger partial charge < -0.3 is 10.0 Å². The summed E-state index contributed by atoms with van der Waals surface area (Å²) in [7, 11) is 0. The SMILES string of the molecule is C#CCN1CN=C(c2cccc(O)c2)C=C1c1ccc(C)cc1. The van der Waals surface area contributed by atoms with Crippen LogP contribution >= 0.6 is 0 Å². The molecule has 114 valence electrons. The first-order chi connectivity index (χ1) is 11.2. The van der Waals surface area contributed by atoms with Gasteiger partial charge in [0.05, 0.1) is 12.3 Å². The Hall–Kier alpha value is -2.99. The largest absolute Gasteiger partial charge is 0.508 e. The summed E-state index contributed by atoms with van der Waals surface area (Å²) in [5.41, 5.74) is 5.13. The molecule has 0 amide bonds. The highest BCUT2D eigenvalue weighted by molar-refractivity contribution is 6.13. The molecule has 23 heavy (non-hydrogen) atoms. The number of rotatable bonds is 3. The first kappa shape index (κ1) is 14.9. The topological polar surface area (TPSA) is 35.8 Å². The van der Waals surface area contributed by atoms with Crippen LogP contribution in [0, 0.1) is 19.3 Å². The first-order valence-corrected chi connectivity index (χ1v) is 7.48. The lowest BCUT2D eigenvalue weighted by molar-refractivity contribution is 0.456. The minimum Gasteiger partial charge on any atom is -0.508 e. The molecule has 0 saturated heterocycles. The van der Waals surface area contributed by atoms with Gasteiger partial charge in [-0.2, -0.15) is 0 Å². The van der Waals surface area contributed by atoms with Crippen LogP contribution in [-0.4, -0.2) is 28.9 Å². The van der Waals surface area contributed by atoms with Crippen LogP contribution in [0.5, 0.6) is 5.75 Å². The van der Waals surface area contributed by atoms with Crippen molar-refractivity contribution in [1.29, 1.82) is 0 Å². The molecule has 0 radical (unpaired) electrons. The van der Waals surface area contributed by atoms with E-state index in [1.807, 2.05) is 18.2 Å². The van der Waals surface area contributed by atoms with E-state index >= 15 is 0 Å². The zero-order valence-electron chi connectivity index (χ0n) is 13.0. The second kappa shape index (κ2) is 6.41. The number of nitrogens with zero attached hydrogens (tertiary/aromatic N) is 2. The Kier molecular flexibility index (Phi) is 4.16. The summed E-state index contributed by atoms with van der Waals surface area (Å²) >= 11 is 0. The second-order valence-electron chi connectivity index (χ2n) is 5.53. The second-order valence-corrected chi connectivity index (χ2v) is 5.53. The van der Waals surface area contributed by atoms with Crippen LogP contribution in [0.2, 0.25) is 0 Å². The summed E-state index contributed by atoms with van der Waals surface area (Å²) < 4.78 is 0. The third-order valence-electron chi connectivity index (χ3n) is 3.80. The molecule has 0 atom stereocenters. The van der Waals surface area contributed by atoms with Gasteiger partial charge in [0.1, 0.15) is 12.4 Å². The molecule has 0 saturated carbocycles. The van der Waals surface area contributed by atoms with E-state index in [0.29, 0.717) is 13.2 Å². The van der Waals surface area contributed by atoms with Crippen LogP contribution in [0.25, 0.3) is 5.70 Å². The lowest BCUT2D eigenvalue weighted by Gasteiger charge is -2.28. The van der Waals surface area contributed by atoms with Crippen molar-refractivity contribution in [2.75, 3.05) is 13.2 Å². The van der Waals surface area contributed by atoms with E-state index in [2.05, 4.69) is 47.0 Å². The van der Waals surface area contributed by atoms with Gasteiger partial charge in [0, 0.05) is 11.3 Å². The molecule has 1 N–H and O–H groups in total. The fourth-order valence-corrected chi connectivity index (χ4v) is 2.58. The predicted molar refractivity (Wildman–Crippen MR) is 94.2 cm³/mol. The third-order valence-corrected chi connectivity index (χ3v) is 3.80. The molecule has 1 aliphatic rings.